The summed E-state index contributed by atoms with van der Waals surface area (Å²) in [5.74, 6) is -0.0911. The summed E-state index contributed by atoms with van der Waals surface area (Å²) in [5, 5.41) is 3.03. The van der Waals surface area contributed by atoms with E-state index in [1.54, 1.807) is 12.1 Å². The molecule has 2 amide bonds. The number of hydrogen-bond donors (Lipinski definition) is 1. The van der Waals surface area contributed by atoms with Crippen molar-refractivity contribution in [3.63, 3.8) is 0 Å². The molecule has 2 aromatic rings. The first-order valence-electron chi connectivity index (χ1n) is 8.65. The Morgan fingerprint density at radius 1 is 1.07 bits per heavy atom. The lowest BCUT2D eigenvalue weighted by molar-refractivity contribution is -0.274. The largest absolute Gasteiger partial charge is 0.573 e. The van der Waals surface area contributed by atoms with Crippen LogP contribution in [0.3, 0.4) is 0 Å². The van der Waals surface area contributed by atoms with Gasteiger partial charge in [-0.1, -0.05) is 6.07 Å². The molecule has 1 saturated heterocycles. The molecule has 2 aliphatic heterocycles. The molecular formula is C19H15F3N2O5. The number of benzene rings is 2. The number of amides is 2. The lowest BCUT2D eigenvalue weighted by Crippen LogP contribution is -2.38. The Morgan fingerprint density at radius 3 is 2.52 bits per heavy atom. The van der Waals surface area contributed by atoms with Crippen LogP contribution < -0.4 is 24.4 Å². The molecule has 0 aromatic heterocycles. The molecule has 1 fully saturated rings. The molecule has 0 bridgehead atoms. The van der Waals surface area contributed by atoms with Crippen LogP contribution in [0.1, 0.15) is 12.0 Å². The highest BCUT2D eigenvalue weighted by atomic mass is 19.4. The first-order chi connectivity index (χ1) is 13.8. The van der Waals surface area contributed by atoms with E-state index >= 15 is 0 Å². The average Bonchev–Trinajstić information content (AvgIpc) is 3.23. The van der Waals surface area contributed by atoms with Gasteiger partial charge in [0.25, 0.3) is 5.91 Å². The molecule has 29 heavy (non-hydrogen) atoms. The number of anilines is 1. The van der Waals surface area contributed by atoms with Gasteiger partial charge in [-0.25, -0.2) is 4.90 Å². The Kier molecular flexibility index (Phi) is 4.79. The van der Waals surface area contributed by atoms with Crippen molar-refractivity contribution in [1.29, 1.82) is 0 Å². The van der Waals surface area contributed by atoms with E-state index in [-0.39, 0.29) is 18.9 Å². The topological polar surface area (TPSA) is 77.1 Å². The van der Waals surface area contributed by atoms with Gasteiger partial charge < -0.3 is 19.5 Å². The summed E-state index contributed by atoms with van der Waals surface area (Å²) >= 11 is 0. The van der Waals surface area contributed by atoms with Crippen LogP contribution in [0.25, 0.3) is 0 Å². The fourth-order valence-corrected chi connectivity index (χ4v) is 3.15. The van der Waals surface area contributed by atoms with E-state index in [0.29, 0.717) is 18.0 Å². The highest BCUT2D eigenvalue weighted by Crippen LogP contribution is 2.33. The normalized spacial score (nSPS) is 18.4. The Hall–Kier alpha value is -3.27. The molecule has 2 aliphatic rings. The minimum absolute atomic E-state index is 0.0514. The number of carbonyl (C=O) groups excluding carboxylic acids is 2. The summed E-state index contributed by atoms with van der Waals surface area (Å²) in [4.78, 5) is 25.9. The summed E-state index contributed by atoms with van der Waals surface area (Å²) in [6.07, 6.45) is -4.87. The number of nitrogens with zero attached hydrogens (tertiary/aromatic N) is 1. The van der Waals surface area contributed by atoms with E-state index in [1.807, 2.05) is 6.07 Å². The van der Waals surface area contributed by atoms with Gasteiger partial charge in [0.05, 0.1) is 18.2 Å². The highest BCUT2D eigenvalue weighted by Gasteiger charge is 2.39. The van der Waals surface area contributed by atoms with Gasteiger partial charge in [-0.15, -0.1) is 13.2 Å². The third-order valence-corrected chi connectivity index (χ3v) is 4.46. The molecule has 10 heteroatoms. The summed E-state index contributed by atoms with van der Waals surface area (Å²) in [6, 6.07) is 9.20. The molecule has 0 unspecified atom stereocenters. The predicted octanol–water partition coefficient (Wildman–Crippen LogP) is 2.74. The molecule has 0 aliphatic carbocycles. The fourth-order valence-electron chi connectivity index (χ4n) is 3.15. The third-order valence-electron chi connectivity index (χ3n) is 4.46. The zero-order valence-corrected chi connectivity index (χ0v) is 14.9. The maximum Gasteiger partial charge on any atom is 0.573 e. The maximum absolute atomic E-state index is 12.6. The van der Waals surface area contributed by atoms with Gasteiger partial charge in [-0.2, -0.15) is 0 Å². The lowest BCUT2D eigenvalue weighted by Gasteiger charge is -2.16. The first-order valence-corrected chi connectivity index (χ1v) is 8.65. The minimum atomic E-state index is -4.81. The van der Waals surface area contributed by atoms with Gasteiger partial charge in [-0.05, 0) is 42.0 Å². The fraction of sp³-hybridized carbons (Fsp3) is 0.263. The van der Waals surface area contributed by atoms with Crippen LogP contribution in [-0.4, -0.2) is 31.0 Å². The van der Waals surface area contributed by atoms with Crippen molar-refractivity contribution in [2.75, 3.05) is 11.7 Å². The second-order valence-corrected chi connectivity index (χ2v) is 6.43. The molecule has 152 valence electrons. The van der Waals surface area contributed by atoms with Crippen LogP contribution in [0.4, 0.5) is 18.9 Å². The molecular weight excluding hydrogens is 393 g/mol. The second-order valence-electron chi connectivity index (χ2n) is 6.43. The molecule has 0 spiro atoms. The van der Waals surface area contributed by atoms with Crippen molar-refractivity contribution in [1.82, 2.24) is 5.32 Å². The van der Waals surface area contributed by atoms with E-state index in [0.717, 1.165) is 22.6 Å². The quantitative estimate of drug-likeness (QED) is 0.767. The Morgan fingerprint density at radius 2 is 1.79 bits per heavy atom. The van der Waals surface area contributed by atoms with Gasteiger partial charge in [0.1, 0.15) is 5.75 Å². The van der Waals surface area contributed by atoms with Gasteiger partial charge in [0.15, 0.2) is 11.5 Å². The van der Waals surface area contributed by atoms with E-state index < -0.39 is 30.0 Å². The van der Waals surface area contributed by atoms with Crippen molar-refractivity contribution in [2.24, 2.45) is 0 Å². The first kappa shape index (κ1) is 19.1. The predicted molar refractivity (Wildman–Crippen MR) is 93.4 cm³/mol. The maximum atomic E-state index is 12.6. The number of imide groups is 1. The number of ether oxygens (including phenoxy) is 3. The summed E-state index contributed by atoms with van der Waals surface area (Å²) in [5.41, 5.74) is 1.03. The summed E-state index contributed by atoms with van der Waals surface area (Å²) in [6.45, 7) is 0.482. The smallest absolute Gasteiger partial charge is 0.454 e. The Bertz CT molecular complexity index is 946. The molecule has 2 heterocycles. The van der Waals surface area contributed by atoms with Crippen molar-refractivity contribution < 1.29 is 37.0 Å². The van der Waals surface area contributed by atoms with Crippen molar-refractivity contribution in [3.05, 3.63) is 48.0 Å². The minimum Gasteiger partial charge on any atom is -0.454 e. The van der Waals surface area contributed by atoms with Crippen LogP contribution in [0.2, 0.25) is 0 Å². The van der Waals surface area contributed by atoms with Gasteiger partial charge in [0.2, 0.25) is 12.7 Å². The van der Waals surface area contributed by atoms with Gasteiger partial charge in [-0.3, -0.25) is 9.59 Å². The van der Waals surface area contributed by atoms with Crippen molar-refractivity contribution in [2.45, 2.75) is 25.4 Å². The molecule has 7 nitrogen and oxygen atoms in total. The second kappa shape index (κ2) is 7.28. The van der Waals surface area contributed by atoms with Crippen LogP contribution in [0, 0.1) is 0 Å². The molecule has 1 atom stereocenters. The Balaban J connectivity index is 1.41. The monoisotopic (exact) mass is 408 g/mol. The van der Waals surface area contributed by atoms with E-state index in [1.165, 1.54) is 12.1 Å². The van der Waals surface area contributed by atoms with Crippen LogP contribution in [0.15, 0.2) is 42.5 Å². The highest BCUT2D eigenvalue weighted by molar-refractivity contribution is 6.22. The molecule has 0 radical (unpaired) electrons. The number of rotatable bonds is 5. The number of carbonyl (C=O) groups is 2. The molecule has 4 rings (SSSR count). The van der Waals surface area contributed by atoms with E-state index in [9.17, 15) is 22.8 Å². The van der Waals surface area contributed by atoms with Crippen LogP contribution >= 0.6 is 0 Å². The third kappa shape index (κ3) is 4.11. The summed E-state index contributed by atoms with van der Waals surface area (Å²) in [7, 11) is 0. The molecule has 1 N–H and O–H groups in total. The zero-order chi connectivity index (χ0) is 20.6. The average molecular weight is 408 g/mol. The lowest BCUT2D eigenvalue weighted by atomic mass is 10.1. The SMILES string of the molecule is O=C1C[C@@H](NCc2ccc3c(c2)OCO3)C(=O)N1c1ccc(OC(F)(F)F)cc1. The van der Waals surface area contributed by atoms with E-state index in [2.05, 4.69) is 10.1 Å². The zero-order valence-electron chi connectivity index (χ0n) is 14.9. The van der Waals surface area contributed by atoms with Crippen LogP contribution in [-0.2, 0) is 16.1 Å². The number of fused-ring (bicyclic) bond motifs is 1. The molecule has 0 saturated carbocycles. The van der Waals surface area contributed by atoms with Crippen LogP contribution in [0.5, 0.6) is 17.2 Å². The van der Waals surface area contributed by atoms with Gasteiger partial charge in [0, 0.05) is 6.54 Å². The standard InChI is InChI=1S/C19H15F3N2O5/c20-19(21,22)29-13-4-2-12(3-5-13)24-17(25)8-14(18(24)26)23-9-11-1-6-15-16(7-11)28-10-27-15/h1-7,14,23H,8-10H2/t14-/m1/s1. The Labute approximate surface area is 163 Å². The van der Waals surface area contributed by atoms with Gasteiger partial charge >= 0.3 is 6.36 Å². The van der Waals surface area contributed by atoms with E-state index in [4.69, 9.17) is 9.47 Å². The van der Waals surface area contributed by atoms with Crippen molar-refractivity contribution in [3.8, 4) is 17.2 Å². The molecule has 2 aromatic carbocycles. The van der Waals surface area contributed by atoms with Crippen molar-refractivity contribution >= 4 is 17.5 Å². The number of halogens is 3. The number of alkyl halides is 3. The number of nitrogens with one attached hydrogen (secondary N) is 1. The number of hydrogen-bond acceptors (Lipinski definition) is 6. The summed E-state index contributed by atoms with van der Waals surface area (Å²) < 4.78 is 51.1.